The highest BCUT2D eigenvalue weighted by molar-refractivity contribution is 6.48. The van der Waals surface area contributed by atoms with E-state index in [1.807, 2.05) is 27.7 Å². The molecule has 0 unspecified atom stereocenters. The second kappa shape index (κ2) is 9.66. The highest BCUT2D eigenvalue weighted by atomic mass is 35.5. The Balaban J connectivity index is 2.02. The molecule has 0 spiro atoms. The molecule has 1 fully saturated rings. The zero-order chi connectivity index (χ0) is 22.9. The van der Waals surface area contributed by atoms with E-state index in [1.54, 1.807) is 0 Å². The first kappa shape index (κ1) is 25.3. The van der Waals surface area contributed by atoms with Crippen LogP contribution in [0, 0.1) is 5.92 Å². The SMILES string of the molecule is CC(C)C[C@H](NC(=O)CNC(=O)c1cc(Cl)cc(Cl)c1Cl)B1OC(C)(C)C(C)(C)O1. The number of carbonyl (C=O) groups excluding carboxylic acids is 2. The lowest BCUT2D eigenvalue weighted by Crippen LogP contribution is -2.51. The van der Waals surface area contributed by atoms with Crippen molar-refractivity contribution in [2.24, 2.45) is 5.92 Å². The maximum Gasteiger partial charge on any atom is 0.481 e. The third-order valence-electron chi connectivity index (χ3n) is 5.32. The molecule has 1 aliphatic rings. The van der Waals surface area contributed by atoms with Crippen molar-refractivity contribution < 1.29 is 18.9 Å². The van der Waals surface area contributed by atoms with Gasteiger partial charge in [0.15, 0.2) is 0 Å². The molecule has 10 heteroatoms. The molecule has 2 amide bonds. The minimum absolute atomic E-state index is 0.0777. The average Bonchev–Trinajstić information content (AvgIpc) is 2.82. The van der Waals surface area contributed by atoms with Crippen molar-refractivity contribution in [1.29, 1.82) is 0 Å². The van der Waals surface area contributed by atoms with Gasteiger partial charge in [-0.3, -0.25) is 9.59 Å². The molecule has 1 heterocycles. The fraction of sp³-hybridized carbons (Fsp3) is 0.600. The van der Waals surface area contributed by atoms with Gasteiger partial charge in [0.1, 0.15) is 0 Å². The smallest absolute Gasteiger partial charge is 0.402 e. The van der Waals surface area contributed by atoms with E-state index < -0.39 is 24.2 Å². The van der Waals surface area contributed by atoms with E-state index in [2.05, 4.69) is 24.5 Å². The van der Waals surface area contributed by atoms with Crippen LogP contribution in [-0.2, 0) is 14.1 Å². The van der Waals surface area contributed by atoms with Crippen LogP contribution in [-0.4, -0.2) is 42.6 Å². The molecule has 0 radical (unpaired) electrons. The van der Waals surface area contributed by atoms with Gasteiger partial charge in [0.05, 0.1) is 39.3 Å². The van der Waals surface area contributed by atoms with Crippen LogP contribution in [0.4, 0.5) is 0 Å². The largest absolute Gasteiger partial charge is 0.481 e. The summed E-state index contributed by atoms with van der Waals surface area (Å²) in [7, 11) is -0.585. The molecular formula is C20H28BCl3N2O4. The Bertz CT molecular complexity index is 801. The molecule has 1 aliphatic heterocycles. The molecule has 6 nitrogen and oxygen atoms in total. The first-order valence-corrected chi connectivity index (χ1v) is 10.9. The summed E-state index contributed by atoms with van der Waals surface area (Å²) in [6.07, 6.45) is 0.659. The van der Waals surface area contributed by atoms with Crippen molar-refractivity contribution in [3.63, 3.8) is 0 Å². The maximum atomic E-state index is 12.5. The van der Waals surface area contributed by atoms with Gasteiger partial charge in [-0.05, 0) is 52.2 Å². The summed E-state index contributed by atoms with van der Waals surface area (Å²) in [5, 5.41) is 5.98. The molecule has 1 atom stereocenters. The second-order valence-corrected chi connectivity index (χ2v) is 10.1. The van der Waals surface area contributed by atoms with E-state index in [1.165, 1.54) is 12.1 Å². The summed E-state index contributed by atoms with van der Waals surface area (Å²) in [5.74, 6) is -0.973. The van der Waals surface area contributed by atoms with Crippen LogP contribution < -0.4 is 10.6 Å². The number of carbonyl (C=O) groups is 2. The molecule has 1 aromatic rings. The highest BCUT2D eigenvalue weighted by Gasteiger charge is 2.54. The van der Waals surface area contributed by atoms with Crippen molar-refractivity contribution >= 4 is 53.7 Å². The van der Waals surface area contributed by atoms with Crippen LogP contribution in [0.1, 0.15) is 58.3 Å². The normalized spacial score (nSPS) is 18.4. The molecule has 30 heavy (non-hydrogen) atoms. The number of hydrogen-bond donors (Lipinski definition) is 2. The fourth-order valence-electron chi connectivity index (χ4n) is 3.03. The van der Waals surface area contributed by atoms with E-state index in [-0.39, 0.29) is 39.0 Å². The molecule has 2 N–H and O–H groups in total. The topological polar surface area (TPSA) is 76.7 Å². The standard InChI is InChI=1S/C20H28BCl3N2O4/c1-11(2)7-15(21-29-19(3,4)20(5,6)30-21)26-16(27)10-25-18(28)13-8-12(22)9-14(23)17(13)24/h8-9,11,15H,7,10H2,1-6H3,(H,25,28)(H,26,27)/t15-/m0/s1. The monoisotopic (exact) mass is 476 g/mol. The van der Waals surface area contributed by atoms with Gasteiger partial charge in [0, 0.05) is 5.02 Å². The van der Waals surface area contributed by atoms with Gasteiger partial charge < -0.3 is 19.9 Å². The molecule has 0 aliphatic carbocycles. The number of rotatable bonds is 7. The Hall–Kier alpha value is -0.985. The van der Waals surface area contributed by atoms with E-state index >= 15 is 0 Å². The lowest BCUT2D eigenvalue weighted by Gasteiger charge is -2.32. The molecule has 1 saturated heterocycles. The van der Waals surface area contributed by atoms with Gasteiger partial charge in [0.2, 0.25) is 5.91 Å². The third-order valence-corrected chi connectivity index (χ3v) is 6.34. The van der Waals surface area contributed by atoms with Gasteiger partial charge in [-0.1, -0.05) is 48.7 Å². The number of amides is 2. The summed E-state index contributed by atoms with van der Waals surface area (Å²) >= 11 is 18.0. The van der Waals surface area contributed by atoms with E-state index in [0.717, 1.165) is 0 Å². The van der Waals surface area contributed by atoms with Crippen molar-refractivity contribution in [2.45, 2.75) is 65.1 Å². The number of nitrogens with one attached hydrogen (secondary N) is 2. The Morgan fingerprint density at radius 3 is 2.17 bits per heavy atom. The van der Waals surface area contributed by atoms with Gasteiger partial charge in [0.25, 0.3) is 5.91 Å². The predicted molar refractivity (Wildman–Crippen MR) is 121 cm³/mol. The average molecular weight is 478 g/mol. The van der Waals surface area contributed by atoms with E-state index in [4.69, 9.17) is 44.1 Å². The van der Waals surface area contributed by atoms with Gasteiger partial charge in [-0.25, -0.2) is 0 Å². The summed E-state index contributed by atoms with van der Waals surface area (Å²) in [5.41, 5.74) is -0.908. The lowest BCUT2D eigenvalue weighted by molar-refractivity contribution is -0.120. The Morgan fingerprint density at radius 1 is 1.07 bits per heavy atom. The van der Waals surface area contributed by atoms with E-state index in [9.17, 15) is 9.59 Å². The zero-order valence-corrected chi connectivity index (χ0v) is 20.3. The van der Waals surface area contributed by atoms with Crippen LogP contribution in [0.2, 0.25) is 15.1 Å². The summed E-state index contributed by atoms with van der Waals surface area (Å²) in [6, 6.07) is 2.84. The Kier molecular flexibility index (Phi) is 8.14. The van der Waals surface area contributed by atoms with Gasteiger partial charge in [-0.15, -0.1) is 0 Å². The summed E-state index contributed by atoms with van der Waals surface area (Å²) in [6.45, 7) is 11.7. The van der Waals surface area contributed by atoms with E-state index in [0.29, 0.717) is 12.3 Å². The predicted octanol–water partition coefficient (Wildman–Crippen LogP) is 4.54. The quantitative estimate of drug-likeness (QED) is 0.447. The molecule has 1 aromatic carbocycles. The van der Waals surface area contributed by atoms with Crippen LogP contribution in [0.3, 0.4) is 0 Å². The van der Waals surface area contributed by atoms with Gasteiger partial charge >= 0.3 is 7.12 Å². The number of hydrogen-bond acceptors (Lipinski definition) is 4. The lowest BCUT2D eigenvalue weighted by atomic mass is 9.74. The van der Waals surface area contributed by atoms with Crippen molar-refractivity contribution in [3.05, 3.63) is 32.8 Å². The van der Waals surface area contributed by atoms with Crippen LogP contribution in [0.25, 0.3) is 0 Å². The molecule has 0 aromatic heterocycles. The number of halogens is 3. The molecule has 0 bridgehead atoms. The van der Waals surface area contributed by atoms with Gasteiger partial charge in [-0.2, -0.15) is 0 Å². The van der Waals surface area contributed by atoms with Crippen molar-refractivity contribution in [3.8, 4) is 0 Å². The highest BCUT2D eigenvalue weighted by Crippen LogP contribution is 2.38. The summed E-state index contributed by atoms with van der Waals surface area (Å²) < 4.78 is 12.2. The van der Waals surface area contributed by atoms with Crippen molar-refractivity contribution in [1.82, 2.24) is 10.6 Å². The molecule has 2 rings (SSSR count). The number of benzene rings is 1. The van der Waals surface area contributed by atoms with Crippen molar-refractivity contribution in [2.75, 3.05) is 6.54 Å². The summed E-state index contributed by atoms with van der Waals surface area (Å²) in [4.78, 5) is 25.0. The maximum absolute atomic E-state index is 12.5. The minimum atomic E-state index is -0.585. The first-order valence-electron chi connectivity index (χ1n) is 9.81. The minimum Gasteiger partial charge on any atom is -0.402 e. The molecule has 0 saturated carbocycles. The second-order valence-electron chi connectivity index (χ2n) is 8.86. The van der Waals surface area contributed by atoms with Crippen LogP contribution in [0.5, 0.6) is 0 Å². The zero-order valence-electron chi connectivity index (χ0n) is 18.1. The third kappa shape index (κ3) is 6.04. The Morgan fingerprint density at radius 2 is 1.63 bits per heavy atom. The molecule has 166 valence electrons. The molecular weight excluding hydrogens is 449 g/mol. The van der Waals surface area contributed by atoms with Crippen LogP contribution >= 0.6 is 34.8 Å². The van der Waals surface area contributed by atoms with Crippen LogP contribution in [0.15, 0.2) is 12.1 Å². The fourth-order valence-corrected chi connectivity index (χ4v) is 3.72. The Labute approximate surface area is 193 Å². The first-order chi connectivity index (χ1) is 13.7.